The van der Waals surface area contributed by atoms with E-state index in [1.54, 1.807) is 6.07 Å². The molecule has 0 unspecified atom stereocenters. The predicted octanol–water partition coefficient (Wildman–Crippen LogP) is 6.33. The van der Waals surface area contributed by atoms with Crippen LogP contribution in [-0.2, 0) is 4.79 Å². The number of benzene rings is 2. The standard InChI is InChI=1S/C20H23BrClNO2/c1-13(2)15-7-9-19(17(21)11-15)25-10-4-5-20(24)23-18-12-16(22)8-6-14(18)3/h6-9,11-13H,4-5,10H2,1-3H3,(H,23,24). The minimum absolute atomic E-state index is 0.0387. The molecule has 3 nitrogen and oxygen atoms in total. The van der Waals surface area contributed by atoms with Gasteiger partial charge in [-0.1, -0.05) is 37.6 Å². The molecule has 0 bridgehead atoms. The quantitative estimate of drug-likeness (QED) is 0.527. The fraction of sp³-hybridized carbons (Fsp3) is 0.350. The zero-order valence-corrected chi connectivity index (χ0v) is 17.1. The number of carbonyl (C=O) groups is 1. The number of amides is 1. The summed E-state index contributed by atoms with van der Waals surface area (Å²) in [6.07, 6.45) is 1.04. The molecular weight excluding hydrogens is 402 g/mol. The van der Waals surface area contributed by atoms with Crippen molar-refractivity contribution in [3.05, 3.63) is 57.0 Å². The highest BCUT2D eigenvalue weighted by atomic mass is 79.9. The van der Waals surface area contributed by atoms with Gasteiger partial charge in [-0.3, -0.25) is 4.79 Å². The van der Waals surface area contributed by atoms with E-state index in [2.05, 4.69) is 47.2 Å². The van der Waals surface area contributed by atoms with E-state index in [0.717, 1.165) is 21.5 Å². The van der Waals surface area contributed by atoms with Crippen LogP contribution in [0.2, 0.25) is 5.02 Å². The predicted molar refractivity (Wildman–Crippen MR) is 108 cm³/mol. The third-order valence-corrected chi connectivity index (χ3v) is 4.76. The lowest BCUT2D eigenvalue weighted by atomic mass is 10.0. The zero-order chi connectivity index (χ0) is 18.4. The molecule has 0 aliphatic carbocycles. The molecule has 0 spiro atoms. The maximum atomic E-state index is 12.1. The van der Waals surface area contributed by atoms with Crippen LogP contribution in [0, 0.1) is 6.92 Å². The fourth-order valence-corrected chi connectivity index (χ4v) is 3.03. The van der Waals surface area contributed by atoms with Crippen LogP contribution < -0.4 is 10.1 Å². The van der Waals surface area contributed by atoms with Crippen LogP contribution in [0.1, 0.15) is 43.7 Å². The fourth-order valence-electron chi connectivity index (χ4n) is 2.35. The van der Waals surface area contributed by atoms with E-state index in [1.165, 1.54) is 5.56 Å². The first-order valence-electron chi connectivity index (χ1n) is 8.35. The maximum absolute atomic E-state index is 12.1. The van der Waals surface area contributed by atoms with Gasteiger partial charge in [-0.05, 0) is 70.6 Å². The first-order valence-corrected chi connectivity index (χ1v) is 9.52. The molecule has 0 fully saturated rings. The van der Waals surface area contributed by atoms with Gasteiger partial charge >= 0.3 is 0 Å². The molecule has 0 aliphatic heterocycles. The Labute approximate surface area is 162 Å². The second-order valence-corrected chi connectivity index (χ2v) is 7.59. The van der Waals surface area contributed by atoms with Crippen LogP contribution >= 0.6 is 27.5 Å². The van der Waals surface area contributed by atoms with E-state index in [4.69, 9.17) is 16.3 Å². The van der Waals surface area contributed by atoms with E-state index >= 15 is 0 Å². The summed E-state index contributed by atoms with van der Waals surface area (Å²) in [5.41, 5.74) is 3.00. The number of carbonyl (C=O) groups excluding carboxylic acids is 1. The van der Waals surface area contributed by atoms with Crippen molar-refractivity contribution in [1.29, 1.82) is 0 Å². The molecule has 0 aromatic heterocycles. The Bertz CT molecular complexity index is 746. The number of anilines is 1. The number of rotatable bonds is 7. The highest BCUT2D eigenvalue weighted by Gasteiger charge is 2.08. The molecule has 2 rings (SSSR count). The Morgan fingerprint density at radius 3 is 2.68 bits per heavy atom. The van der Waals surface area contributed by atoms with Crippen molar-refractivity contribution < 1.29 is 9.53 Å². The molecule has 0 saturated heterocycles. The molecule has 1 amide bonds. The summed E-state index contributed by atoms with van der Waals surface area (Å²) < 4.78 is 6.71. The third kappa shape index (κ3) is 6.05. The highest BCUT2D eigenvalue weighted by molar-refractivity contribution is 9.10. The van der Waals surface area contributed by atoms with Crippen LogP contribution in [0.25, 0.3) is 0 Å². The summed E-state index contributed by atoms with van der Waals surface area (Å²) in [5.74, 6) is 1.24. The molecule has 0 saturated carbocycles. The molecule has 0 radical (unpaired) electrons. The van der Waals surface area contributed by atoms with E-state index < -0.39 is 0 Å². The Hall–Kier alpha value is -1.52. The summed E-state index contributed by atoms with van der Waals surface area (Å²) in [5, 5.41) is 3.50. The largest absolute Gasteiger partial charge is 0.492 e. The summed E-state index contributed by atoms with van der Waals surface area (Å²) >= 11 is 9.50. The summed E-state index contributed by atoms with van der Waals surface area (Å²) in [6, 6.07) is 11.6. The van der Waals surface area contributed by atoms with Crippen molar-refractivity contribution in [3.8, 4) is 5.75 Å². The van der Waals surface area contributed by atoms with Gasteiger partial charge in [0, 0.05) is 17.1 Å². The number of aryl methyl sites for hydroxylation is 1. The van der Waals surface area contributed by atoms with Crippen molar-refractivity contribution in [2.24, 2.45) is 0 Å². The number of halogens is 2. The van der Waals surface area contributed by atoms with Gasteiger partial charge in [0.15, 0.2) is 0 Å². The van der Waals surface area contributed by atoms with Crippen LogP contribution in [0.3, 0.4) is 0 Å². The molecule has 1 N–H and O–H groups in total. The van der Waals surface area contributed by atoms with E-state index in [1.807, 2.05) is 25.1 Å². The first kappa shape index (κ1) is 19.8. The lowest BCUT2D eigenvalue weighted by Crippen LogP contribution is -2.13. The molecule has 0 heterocycles. The van der Waals surface area contributed by atoms with E-state index in [-0.39, 0.29) is 5.91 Å². The van der Waals surface area contributed by atoms with Gasteiger partial charge in [0.25, 0.3) is 0 Å². The van der Waals surface area contributed by atoms with Crippen molar-refractivity contribution in [2.45, 2.75) is 39.5 Å². The summed E-state index contributed by atoms with van der Waals surface area (Å²) in [7, 11) is 0. The van der Waals surface area contributed by atoms with Crippen molar-refractivity contribution in [3.63, 3.8) is 0 Å². The monoisotopic (exact) mass is 423 g/mol. The lowest BCUT2D eigenvalue weighted by Gasteiger charge is -2.12. The van der Waals surface area contributed by atoms with Gasteiger partial charge in [-0.2, -0.15) is 0 Å². The van der Waals surface area contributed by atoms with Crippen molar-refractivity contribution >= 4 is 39.1 Å². The molecular formula is C20H23BrClNO2. The summed E-state index contributed by atoms with van der Waals surface area (Å²) in [4.78, 5) is 12.1. The number of hydrogen-bond acceptors (Lipinski definition) is 2. The van der Waals surface area contributed by atoms with Gasteiger partial charge in [0.2, 0.25) is 5.91 Å². The summed E-state index contributed by atoms with van der Waals surface area (Å²) in [6.45, 7) is 6.74. The molecule has 134 valence electrons. The van der Waals surface area contributed by atoms with Crippen LogP contribution in [-0.4, -0.2) is 12.5 Å². The molecule has 2 aromatic rings. The molecule has 25 heavy (non-hydrogen) atoms. The zero-order valence-electron chi connectivity index (χ0n) is 14.7. The lowest BCUT2D eigenvalue weighted by molar-refractivity contribution is -0.116. The highest BCUT2D eigenvalue weighted by Crippen LogP contribution is 2.29. The van der Waals surface area contributed by atoms with Gasteiger partial charge in [-0.15, -0.1) is 0 Å². The van der Waals surface area contributed by atoms with Gasteiger partial charge in [0.1, 0.15) is 5.75 Å². The van der Waals surface area contributed by atoms with E-state index in [9.17, 15) is 4.79 Å². The van der Waals surface area contributed by atoms with Gasteiger partial charge in [0.05, 0.1) is 11.1 Å². The molecule has 5 heteroatoms. The van der Waals surface area contributed by atoms with E-state index in [0.29, 0.717) is 30.4 Å². The number of ether oxygens (including phenoxy) is 1. The Balaban J connectivity index is 1.79. The minimum atomic E-state index is -0.0387. The second kappa shape index (κ2) is 9.25. The number of hydrogen-bond donors (Lipinski definition) is 1. The SMILES string of the molecule is Cc1ccc(Cl)cc1NC(=O)CCCOc1ccc(C(C)C)cc1Br. The Morgan fingerprint density at radius 2 is 2.00 bits per heavy atom. The Morgan fingerprint density at radius 1 is 1.24 bits per heavy atom. The topological polar surface area (TPSA) is 38.3 Å². The first-order chi connectivity index (χ1) is 11.9. The normalized spacial score (nSPS) is 10.8. The molecule has 0 aliphatic rings. The smallest absolute Gasteiger partial charge is 0.224 e. The van der Waals surface area contributed by atoms with Gasteiger partial charge in [-0.25, -0.2) is 0 Å². The second-order valence-electron chi connectivity index (χ2n) is 6.30. The molecule has 0 atom stereocenters. The number of nitrogens with one attached hydrogen (secondary N) is 1. The van der Waals surface area contributed by atoms with Crippen molar-refractivity contribution in [2.75, 3.05) is 11.9 Å². The maximum Gasteiger partial charge on any atom is 0.224 e. The average Bonchev–Trinajstić information content (AvgIpc) is 2.56. The van der Waals surface area contributed by atoms with Gasteiger partial charge < -0.3 is 10.1 Å². The van der Waals surface area contributed by atoms with Crippen LogP contribution in [0.4, 0.5) is 5.69 Å². The van der Waals surface area contributed by atoms with Crippen molar-refractivity contribution in [1.82, 2.24) is 0 Å². The van der Waals surface area contributed by atoms with Crippen LogP contribution in [0.5, 0.6) is 5.75 Å². The van der Waals surface area contributed by atoms with Crippen LogP contribution in [0.15, 0.2) is 40.9 Å². The Kier molecular flexibility index (Phi) is 7.33. The minimum Gasteiger partial charge on any atom is -0.492 e. The third-order valence-electron chi connectivity index (χ3n) is 3.90. The average molecular weight is 425 g/mol. The molecule has 2 aromatic carbocycles.